The highest BCUT2D eigenvalue weighted by molar-refractivity contribution is 7.98. The molecule has 1 aliphatic rings. The highest BCUT2D eigenvalue weighted by Gasteiger charge is 2.24. The van der Waals surface area contributed by atoms with E-state index in [1.165, 1.54) is 11.8 Å². The number of benzene rings is 2. The number of thioether (sulfide) groups is 1. The van der Waals surface area contributed by atoms with Crippen molar-refractivity contribution in [3.05, 3.63) is 71.9 Å². The average molecular weight is 509 g/mol. The molecule has 0 aliphatic carbocycles. The van der Waals surface area contributed by atoms with Gasteiger partial charge in [-0.2, -0.15) is 11.8 Å². The molecule has 2 heterocycles. The van der Waals surface area contributed by atoms with Gasteiger partial charge in [-0.15, -0.1) is 0 Å². The largest absolute Gasteiger partial charge is 0.490 e. The van der Waals surface area contributed by atoms with Gasteiger partial charge in [0.2, 0.25) is 0 Å². The maximum Gasteiger partial charge on any atom is 0.326 e. The van der Waals surface area contributed by atoms with E-state index in [0.717, 1.165) is 11.1 Å². The summed E-state index contributed by atoms with van der Waals surface area (Å²) in [5, 5.41) is 12.2. The number of nitrogens with zero attached hydrogens (tertiary/aromatic N) is 1. The number of carbonyl (C=O) groups excluding carboxylic acids is 1. The number of aliphatic carboxylic acids is 1. The highest BCUT2D eigenvalue weighted by Crippen LogP contribution is 2.32. The lowest BCUT2D eigenvalue weighted by Gasteiger charge is -2.25. The number of carboxylic acids is 1. The number of aromatic nitrogens is 1. The van der Waals surface area contributed by atoms with Gasteiger partial charge in [-0.05, 0) is 72.4 Å². The lowest BCUT2D eigenvalue weighted by Crippen LogP contribution is -2.41. The number of hydrogen-bond donors (Lipinski definition) is 2. The van der Waals surface area contributed by atoms with Crippen LogP contribution in [0.15, 0.2) is 60.8 Å². The van der Waals surface area contributed by atoms with Crippen molar-refractivity contribution in [1.82, 2.24) is 10.3 Å². The molecule has 9 heteroatoms. The Kier molecular flexibility index (Phi) is 8.32. The number of rotatable bonds is 10. The monoisotopic (exact) mass is 508 g/mol. The number of hydrogen-bond acceptors (Lipinski definition) is 7. The summed E-state index contributed by atoms with van der Waals surface area (Å²) in [7, 11) is 0. The maximum atomic E-state index is 13.2. The topological polar surface area (TPSA) is 107 Å². The Bertz CT molecular complexity index is 1230. The Morgan fingerprint density at radius 1 is 1.19 bits per heavy atom. The molecule has 36 heavy (non-hydrogen) atoms. The van der Waals surface area contributed by atoms with Crippen LogP contribution in [0.25, 0.3) is 11.1 Å². The van der Waals surface area contributed by atoms with Crippen LogP contribution in [0.4, 0.5) is 0 Å². The first kappa shape index (κ1) is 25.4. The first-order valence-electron chi connectivity index (χ1n) is 11.6. The van der Waals surface area contributed by atoms with E-state index in [0.29, 0.717) is 47.3 Å². The fourth-order valence-corrected chi connectivity index (χ4v) is 4.34. The van der Waals surface area contributed by atoms with Crippen LogP contribution in [-0.2, 0) is 4.79 Å². The second kappa shape index (κ2) is 11.8. The molecule has 2 N–H and O–H groups in total. The first-order chi connectivity index (χ1) is 17.5. The summed E-state index contributed by atoms with van der Waals surface area (Å²) in [6.07, 6.45) is 3.56. The standard InChI is InChI=1S/C27H28N2O6S/c1-17-6-3-4-7-20(17)22-14-18(33-15-19-16-34-26-24(35-19)8-5-12-28-26)9-10-21(22)25(30)29-23(27(31)32)11-13-36-2/h3-10,12,14,19,23H,11,13,15-16H2,1-2H3,(H,29,30)(H,31,32)/t19-,23+/m0/s1. The predicted octanol–water partition coefficient (Wildman–Crippen LogP) is 4.21. The number of carboxylic acid groups (broad SMARTS) is 1. The van der Waals surface area contributed by atoms with E-state index in [1.54, 1.807) is 36.5 Å². The molecule has 2 aromatic carbocycles. The number of aryl methyl sites for hydroxylation is 1. The SMILES string of the molecule is CSCC[C@@H](NC(=O)c1ccc(OC[C@H]2COc3ncccc3O2)cc1-c1ccccc1C)C(=O)O. The van der Waals surface area contributed by atoms with Crippen molar-refractivity contribution in [1.29, 1.82) is 0 Å². The second-order valence-corrected chi connectivity index (χ2v) is 9.32. The molecule has 3 aromatic rings. The molecule has 0 radical (unpaired) electrons. The van der Waals surface area contributed by atoms with Crippen molar-refractivity contribution < 1.29 is 28.9 Å². The minimum atomic E-state index is -1.05. The Morgan fingerprint density at radius 2 is 2.03 bits per heavy atom. The van der Waals surface area contributed by atoms with Crippen LogP contribution < -0.4 is 19.5 Å². The quantitative estimate of drug-likeness (QED) is 0.419. The molecule has 188 valence electrons. The molecule has 1 amide bonds. The number of carbonyl (C=O) groups is 2. The fraction of sp³-hybridized carbons (Fsp3) is 0.296. The zero-order valence-corrected chi connectivity index (χ0v) is 20.9. The van der Waals surface area contributed by atoms with E-state index in [1.807, 2.05) is 37.4 Å². The summed E-state index contributed by atoms with van der Waals surface area (Å²) < 4.78 is 17.6. The number of nitrogens with one attached hydrogen (secondary N) is 1. The minimum absolute atomic E-state index is 0.239. The van der Waals surface area contributed by atoms with Gasteiger partial charge in [0.25, 0.3) is 11.8 Å². The summed E-state index contributed by atoms with van der Waals surface area (Å²) in [6, 6.07) is 15.5. The Hall–Kier alpha value is -3.72. The predicted molar refractivity (Wildman–Crippen MR) is 138 cm³/mol. The third-order valence-electron chi connectivity index (χ3n) is 5.76. The lowest BCUT2D eigenvalue weighted by atomic mass is 9.95. The normalized spacial score (nSPS) is 15.1. The summed E-state index contributed by atoms with van der Waals surface area (Å²) in [4.78, 5) is 29.0. The van der Waals surface area contributed by atoms with Gasteiger partial charge >= 0.3 is 5.97 Å². The van der Waals surface area contributed by atoms with Gasteiger partial charge in [0.1, 0.15) is 25.0 Å². The third kappa shape index (κ3) is 6.09. The zero-order valence-electron chi connectivity index (χ0n) is 20.1. The number of fused-ring (bicyclic) bond motifs is 1. The Balaban J connectivity index is 1.55. The molecular weight excluding hydrogens is 480 g/mol. The van der Waals surface area contributed by atoms with Crippen LogP contribution >= 0.6 is 11.8 Å². The van der Waals surface area contributed by atoms with Crippen molar-refractivity contribution in [2.75, 3.05) is 25.2 Å². The number of pyridine rings is 1. The summed E-state index contributed by atoms with van der Waals surface area (Å²) in [5.41, 5.74) is 2.88. The van der Waals surface area contributed by atoms with E-state index in [4.69, 9.17) is 14.2 Å². The fourth-order valence-electron chi connectivity index (χ4n) is 3.87. The van der Waals surface area contributed by atoms with Crippen LogP contribution in [0.3, 0.4) is 0 Å². The van der Waals surface area contributed by atoms with Crippen LogP contribution in [-0.4, -0.2) is 59.3 Å². The van der Waals surface area contributed by atoms with E-state index in [9.17, 15) is 14.7 Å². The minimum Gasteiger partial charge on any atom is -0.490 e. The number of ether oxygens (including phenoxy) is 3. The molecule has 0 spiro atoms. The van der Waals surface area contributed by atoms with Crippen LogP contribution in [0, 0.1) is 6.92 Å². The molecule has 8 nitrogen and oxygen atoms in total. The zero-order chi connectivity index (χ0) is 25.5. The smallest absolute Gasteiger partial charge is 0.326 e. The maximum absolute atomic E-state index is 13.2. The van der Waals surface area contributed by atoms with Gasteiger partial charge in [-0.3, -0.25) is 4.79 Å². The number of amides is 1. The second-order valence-electron chi connectivity index (χ2n) is 8.34. The Labute approximate surface area is 214 Å². The van der Waals surface area contributed by atoms with E-state index >= 15 is 0 Å². The van der Waals surface area contributed by atoms with Crippen molar-refractivity contribution in [2.24, 2.45) is 0 Å². The lowest BCUT2D eigenvalue weighted by molar-refractivity contribution is -0.139. The molecule has 0 fully saturated rings. The van der Waals surface area contributed by atoms with Gasteiger partial charge in [0.05, 0.1) is 0 Å². The molecule has 1 aromatic heterocycles. The van der Waals surface area contributed by atoms with Crippen molar-refractivity contribution in [3.8, 4) is 28.5 Å². The molecule has 0 saturated heterocycles. The summed E-state index contributed by atoms with van der Waals surface area (Å²) >= 11 is 1.53. The van der Waals surface area contributed by atoms with Crippen LogP contribution in [0.1, 0.15) is 22.3 Å². The molecule has 1 aliphatic heterocycles. The van der Waals surface area contributed by atoms with Crippen LogP contribution in [0.2, 0.25) is 0 Å². The van der Waals surface area contributed by atoms with Crippen molar-refractivity contribution in [3.63, 3.8) is 0 Å². The highest BCUT2D eigenvalue weighted by atomic mass is 32.2. The molecule has 0 bridgehead atoms. The molecule has 2 atom stereocenters. The van der Waals surface area contributed by atoms with Gasteiger partial charge in [-0.1, -0.05) is 24.3 Å². The van der Waals surface area contributed by atoms with Crippen molar-refractivity contribution in [2.45, 2.75) is 25.5 Å². The first-order valence-corrected chi connectivity index (χ1v) is 13.0. The molecule has 0 unspecified atom stereocenters. The van der Waals surface area contributed by atoms with Gasteiger partial charge in [-0.25, -0.2) is 9.78 Å². The molecular formula is C27H28N2O6S. The van der Waals surface area contributed by atoms with Gasteiger partial charge in [0, 0.05) is 11.8 Å². The average Bonchev–Trinajstić information content (AvgIpc) is 2.89. The summed E-state index contributed by atoms with van der Waals surface area (Å²) in [5.74, 6) is 0.718. The molecule has 0 saturated carbocycles. The third-order valence-corrected chi connectivity index (χ3v) is 6.40. The molecule has 4 rings (SSSR count). The van der Waals surface area contributed by atoms with E-state index in [-0.39, 0.29) is 12.7 Å². The summed E-state index contributed by atoms with van der Waals surface area (Å²) in [6.45, 7) is 2.51. The van der Waals surface area contributed by atoms with Gasteiger partial charge in [0.15, 0.2) is 11.9 Å². The Morgan fingerprint density at radius 3 is 2.81 bits per heavy atom. The van der Waals surface area contributed by atoms with Crippen molar-refractivity contribution >= 4 is 23.6 Å². The van der Waals surface area contributed by atoms with E-state index in [2.05, 4.69) is 10.3 Å². The van der Waals surface area contributed by atoms with E-state index < -0.39 is 17.9 Å². The van der Waals surface area contributed by atoms with Gasteiger partial charge < -0.3 is 24.6 Å². The van der Waals surface area contributed by atoms with Crippen LogP contribution in [0.5, 0.6) is 17.4 Å².